The van der Waals surface area contributed by atoms with Gasteiger partial charge in [0.2, 0.25) is 0 Å². The number of halogens is 1. The third-order valence-corrected chi connectivity index (χ3v) is 3.15. The van der Waals surface area contributed by atoms with E-state index in [0.717, 1.165) is 12.0 Å². The normalized spacial score (nSPS) is 10.2. The molecule has 0 aliphatic heterocycles. The summed E-state index contributed by atoms with van der Waals surface area (Å²) in [6.07, 6.45) is 1.07. The Labute approximate surface area is 88.8 Å². The van der Waals surface area contributed by atoms with Crippen molar-refractivity contribution >= 4 is 21.5 Å². The molecule has 70 valence electrons. The van der Waals surface area contributed by atoms with Gasteiger partial charge < -0.3 is 0 Å². The fraction of sp³-hybridized carbons (Fsp3) is 0.333. The lowest BCUT2D eigenvalue weighted by atomic mass is 9.95. The lowest BCUT2D eigenvalue weighted by Crippen LogP contribution is -1.94. The van der Waals surface area contributed by atoms with E-state index in [2.05, 4.69) is 55.4 Å². The van der Waals surface area contributed by atoms with Crippen LogP contribution >= 0.6 is 15.9 Å². The summed E-state index contributed by atoms with van der Waals surface area (Å²) in [5, 5.41) is 0. The van der Waals surface area contributed by atoms with Crippen molar-refractivity contribution in [3.8, 4) is 0 Å². The van der Waals surface area contributed by atoms with Crippen LogP contribution in [0.5, 0.6) is 0 Å². The van der Waals surface area contributed by atoms with Gasteiger partial charge in [-0.2, -0.15) is 0 Å². The molecular formula is C12H15Br. The molecule has 0 saturated heterocycles. The summed E-state index contributed by atoms with van der Waals surface area (Å²) in [5.74, 6) is 0. The van der Waals surface area contributed by atoms with Crippen molar-refractivity contribution in [1.82, 2.24) is 0 Å². The molecule has 0 spiro atoms. The molecule has 0 aliphatic carbocycles. The van der Waals surface area contributed by atoms with Crippen molar-refractivity contribution in [1.29, 1.82) is 0 Å². The predicted molar refractivity (Wildman–Crippen MR) is 63.0 cm³/mol. The number of hydrogen-bond acceptors (Lipinski definition) is 0. The molecule has 0 saturated carbocycles. The van der Waals surface area contributed by atoms with E-state index in [1.54, 1.807) is 0 Å². The highest BCUT2D eigenvalue weighted by atomic mass is 79.9. The Balaban J connectivity index is 3.41. The Morgan fingerprint density at radius 1 is 1.46 bits per heavy atom. The molecule has 0 unspecified atom stereocenters. The summed E-state index contributed by atoms with van der Waals surface area (Å²) in [5.41, 5.74) is 5.15. The Kier molecular flexibility index (Phi) is 3.32. The summed E-state index contributed by atoms with van der Waals surface area (Å²) in [4.78, 5) is 0. The minimum Gasteiger partial charge on any atom is -0.0955 e. The molecule has 1 aromatic carbocycles. The zero-order chi connectivity index (χ0) is 10.0. The van der Waals surface area contributed by atoms with E-state index in [9.17, 15) is 0 Å². The van der Waals surface area contributed by atoms with Crippen LogP contribution in [0.2, 0.25) is 0 Å². The molecule has 0 aliphatic rings. The first-order chi connectivity index (χ1) is 6.07. The van der Waals surface area contributed by atoms with Crippen molar-refractivity contribution in [3.05, 3.63) is 39.9 Å². The van der Waals surface area contributed by atoms with Gasteiger partial charge in [-0.15, -0.1) is 0 Å². The minimum absolute atomic E-state index is 1.07. The first kappa shape index (κ1) is 10.5. The second kappa shape index (κ2) is 4.10. The SMILES string of the molecule is C=C(C)c1c(CC)ccc(Br)c1C. The first-order valence-electron chi connectivity index (χ1n) is 4.51. The Morgan fingerprint density at radius 3 is 2.54 bits per heavy atom. The molecule has 0 nitrogen and oxygen atoms in total. The fourth-order valence-electron chi connectivity index (χ4n) is 1.63. The number of benzene rings is 1. The van der Waals surface area contributed by atoms with Gasteiger partial charge in [-0.25, -0.2) is 0 Å². The average molecular weight is 239 g/mol. The predicted octanol–water partition coefficient (Wildman–Crippen LogP) is 4.35. The van der Waals surface area contributed by atoms with Crippen LogP contribution in [0, 0.1) is 6.92 Å². The van der Waals surface area contributed by atoms with Crippen LogP contribution in [0.4, 0.5) is 0 Å². The van der Waals surface area contributed by atoms with Crippen molar-refractivity contribution in [2.24, 2.45) is 0 Å². The minimum atomic E-state index is 1.07. The molecule has 0 bridgehead atoms. The highest BCUT2D eigenvalue weighted by molar-refractivity contribution is 9.10. The Bertz CT molecular complexity index is 337. The van der Waals surface area contributed by atoms with Crippen LogP contribution in [0.25, 0.3) is 5.57 Å². The fourth-order valence-corrected chi connectivity index (χ4v) is 1.96. The molecule has 0 atom stereocenters. The first-order valence-corrected chi connectivity index (χ1v) is 5.31. The van der Waals surface area contributed by atoms with Crippen molar-refractivity contribution in [2.75, 3.05) is 0 Å². The smallest absolute Gasteiger partial charge is 0.0210 e. The maximum atomic E-state index is 4.02. The van der Waals surface area contributed by atoms with Crippen molar-refractivity contribution in [2.45, 2.75) is 27.2 Å². The second-order valence-electron chi connectivity index (χ2n) is 3.34. The molecule has 0 fully saturated rings. The van der Waals surface area contributed by atoms with E-state index < -0.39 is 0 Å². The zero-order valence-corrected chi connectivity index (χ0v) is 10.0. The van der Waals surface area contributed by atoms with E-state index in [1.165, 1.54) is 21.2 Å². The monoisotopic (exact) mass is 238 g/mol. The number of rotatable bonds is 2. The molecule has 13 heavy (non-hydrogen) atoms. The molecule has 1 rings (SSSR count). The van der Waals surface area contributed by atoms with Crippen LogP contribution in [0.1, 0.15) is 30.5 Å². The molecule has 1 aromatic rings. The number of allylic oxidation sites excluding steroid dienone is 1. The van der Waals surface area contributed by atoms with Gasteiger partial charge in [0, 0.05) is 4.47 Å². The Morgan fingerprint density at radius 2 is 2.08 bits per heavy atom. The topological polar surface area (TPSA) is 0 Å². The quantitative estimate of drug-likeness (QED) is 0.719. The standard InChI is InChI=1S/C12H15Br/c1-5-10-6-7-11(13)9(4)12(10)8(2)3/h6-7H,2,5H2,1,3-4H3. The number of hydrogen-bond donors (Lipinski definition) is 0. The molecule has 0 amide bonds. The third-order valence-electron chi connectivity index (χ3n) is 2.29. The summed E-state index contributed by atoms with van der Waals surface area (Å²) >= 11 is 3.54. The maximum Gasteiger partial charge on any atom is 0.0210 e. The van der Waals surface area contributed by atoms with Crippen LogP contribution in [-0.2, 0) is 6.42 Å². The number of aryl methyl sites for hydroxylation is 1. The molecule has 0 radical (unpaired) electrons. The summed E-state index contributed by atoms with van der Waals surface area (Å²) in [6, 6.07) is 4.28. The zero-order valence-electron chi connectivity index (χ0n) is 8.45. The highest BCUT2D eigenvalue weighted by Crippen LogP contribution is 2.28. The van der Waals surface area contributed by atoms with Gasteiger partial charge in [-0.3, -0.25) is 0 Å². The molecule has 0 N–H and O–H groups in total. The molecular weight excluding hydrogens is 224 g/mol. The van der Waals surface area contributed by atoms with Gasteiger partial charge in [0.05, 0.1) is 0 Å². The lowest BCUT2D eigenvalue weighted by molar-refractivity contribution is 1.11. The summed E-state index contributed by atoms with van der Waals surface area (Å²) in [6.45, 7) is 10.4. The second-order valence-corrected chi connectivity index (χ2v) is 4.19. The van der Waals surface area contributed by atoms with Gasteiger partial charge in [0.25, 0.3) is 0 Å². The van der Waals surface area contributed by atoms with Crippen LogP contribution in [0.3, 0.4) is 0 Å². The van der Waals surface area contributed by atoms with Gasteiger partial charge >= 0.3 is 0 Å². The molecule has 1 heteroatoms. The lowest BCUT2D eigenvalue weighted by Gasteiger charge is -2.12. The van der Waals surface area contributed by atoms with Crippen LogP contribution < -0.4 is 0 Å². The van der Waals surface area contributed by atoms with Gasteiger partial charge in [-0.1, -0.05) is 41.1 Å². The van der Waals surface area contributed by atoms with E-state index in [1.807, 2.05) is 0 Å². The summed E-state index contributed by atoms with van der Waals surface area (Å²) in [7, 11) is 0. The highest BCUT2D eigenvalue weighted by Gasteiger charge is 2.07. The summed E-state index contributed by atoms with van der Waals surface area (Å²) < 4.78 is 1.17. The van der Waals surface area contributed by atoms with Crippen molar-refractivity contribution < 1.29 is 0 Å². The molecule has 0 aromatic heterocycles. The third kappa shape index (κ3) is 2.02. The average Bonchev–Trinajstić information content (AvgIpc) is 2.08. The largest absolute Gasteiger partial charge is 0.0955 e. The van der Waals surface area contributed by atoms with Crippen LogP contribution in [0.15, 0.2) is 23.2 Å². The van der Waals surface area contributed by atoms with Crippen molar-refractivity contribution in [3.63, 3.8) is 0 Å². The van der Waals surface area contributed by atoms with Crippen LogP contribution in [-0.4, -0.2) is 0 Å². The van der Waals surface area contributed by atoms with Gasteiger partial charge in [0.15, 0.2) is 0 Å². The van der Waals surface area contributed by atoms with Gasteiger partial charge in [-0.05, 0) is 43.0 Å². The molecule has 0 heterocycles. The van der Waals surface area contributed by atoms with E-state index in [0.29, 0.717) is 0 Å². The van der Waals surface area contributed by atoms with E-state index >= 15 is 0 Å². The van der Waals surface area contributed by atoms with Gasteiger partial charge in [0.1, 0.15) is 0 Å². The maximum absolute atomic E-state index is 4.02. The van der Waals surface area contributed by atoms with E-state index in [4.69, 9.17) is 0 Å². The van der Waals surface area contributed by atoms with E-state index in [-0.39, 0.29) is 0 Å². The Hall–Kier alpha value is -0.560.